The highest BCUT2D eigenvalue weighted by atomic mass is 127. The summed E-state index contributed by atoms with van der Waals surface area (Å²) >= 11 is 1.93. The molecule has 4 heteroatoms. The Hall–Kier alpha value is -0.260. The zero-order valence-electron chi connectivity index (χ0n) is 6.95. The summed E-state index contributed by atoms with van der Waals surface area (Å²) in [5.41, 5.74) is 1.33. The van der Waals surface area contributed by atoms with Crippen LogP contribution in [0.15, 0.2) is 18.2 Å². The molecule has 0 saturated heterocycles. The molecule has 0 nitrogen and oxygen atoms in total. The average Bonchev–Trinajstić information content (AvgIpc) is 1.93. The zero-order valence-corrected chi connectivity index (χ0v) is 9.11. The van der Waals surface area contributed by atoms with Gasteiger partial charge >= 0.3 is 6.18 Å². The lowest BCUT2D eigenvalue weighted by atomic mass is 10.1. The van der Waals surface area contributed by atoms with Crippen molar-refractivity contribution in [3.8, 4) is 0 Å². The molecule has 72 valence electrons. The van der Waals surface area contributed by atoms with E-state index in [9.17, 15) is 13.2 Å². The number of hydrogen-bond donors (Lipinski definition) is 0. The molecule has 0 aliphatic heterocycles. The maximum atomic E-state index is 12.0. The molecule has 0 aliphatic carbocycles. The Bertz CT molecular complexity index is 304. The van der Waals surface area contributed by atoms with E-state index >= 15 is 0 Å². The van der Waals surface area contributed by atoms with Gasteiger partial charge in [0.15, 0.2) is 0 Å². The van der Waals surface area contributed by atoms with Gasteiger partial charge in [0.05, 0.1) is 6.42 Å². The molecule has 0 atom stereocenters. The molecule has 0 aliphatic rings. The molecule has 0 radical (unpaired) electrons. The van der Waals surface area contributed by atoms with Crippen LogP contribution in [0, 0.1) is 10.5 Å². The molecule has 1 aromatic carbocycles. The Balaban J connectivity index is 2.90. The Morgan fingerprint density at radius 3 is 2.38 bits per heavy atom. The van der Waals surface area contributed by atoms with Crippen molar-refractivity contribution in [2.75, 3.05) is 0 Å². The van der Waals surface area contributed by atoms with Gasteiger partial charge in [0.2, 0.25) is 0 Å². The van der Waals surface area contributed by atoms with Crippen molar-refractivity contribution in [1.29, 1.82) is 0 Å². The van der Waals surface area contributed by atoms with Crippen molar-refractivity contribution in [2.24, 2.45) is 0 Å². The minimum absolute atomic E-state index is 0.346. The van der Waals surface area contributed by atoms with Gasteiger partial charge in [-0.1, -0.05) is 17.7 Å². The van der Waals surface area contributed by atoms with Crippen LogP contribution < -0.4 is 0 Å². The predicted molar refractivity (Wildman–Crippen MR) is 53.7 cm³/mol. The fraction of sp³-hybridized carbons (Fsp3) is 0.333. The molecule has 0 saturated carbocycles. The van der Waals surface area contributed by atoms with E-state index in [4.69, 9.17) is 0 Å². The topological polar surface area (TPSA) is 0 Å². The normalized spacial score (nSPS) is 11.8. The second-order valence-corrected chi connectivity index (χ2v) is 4.05. The van der Waals surface area contributed by atoms with Gasteiger partial charge in [-0.25, -0.2) is 0 Å². The smallest absolute Gasteiger partial charge is 0.171 e. The van der Waals surface area contributed by atoms with Gasteiger partial charge < -0.3 is 0 Å². The number of alkyl halides is 3. The van der Waals surface area contributed by atoms with Crippen LogP contribution in [-0.2, 0) is 6.42 Å². The Labute approximate surface area is 88.3 Å². The molecule has 0 fully saturated rings. The van der Waals surface area contributed by atoms with E-state index in [0.29, 0.717) is 9.13 Å². The first-order valence-corrected chi connectivity index (χ1v) is 4.78. The third-order valence-electron chi connectivity index (χ3n) is 1.60. The van der Waals surface area contributed by atoms with E-state index in [1.807, 2.05) is 29.5 Å². The summed E-state index contributed by atoms with van der Waals surface area (Å²) in [6, 6.07) is 4.98. The van der Waals surface area contributed by atoms with Crippen LogP contribution in [-0.4, -0.2) is 6.18 Å². The first kappa shape index (κ1) is 10.8. The van der Waals surface area contributed by atoms with Gasteiger partial charge in [-0.05, 0) is 41.1 Å². The summed E-state index contributed by atoms with van der Waals surface area (Å²) in [5, 5.41) is 0. The molecule has 0 unspecified atom stereocenters. The first-order chi connectivity index (χ1) is 5.88. The standard InChI is InChI=1S/C9H8F3I/c1-6-2-3-7(8(13)4-6)5-9(10,11)12/h2-4H,5H2,1H3. The highest BCUT2D eigenvalue weighted by Crippen LogP contribution is 2.24. The number of aryl methyl sites for hydroxylation is 1. The van der Waals surface area contributed by atoms with Crippen LogP contribution in [0.25, 0.3) is 0 Å². The fourth-order valence-corrected chi connectivity index (χ4v) is 1.87. The second-order valence-electron chi connectivity index (χ2n) is 2.89. The quantitative estimate of drug-likeness (QED) is 0.694. The lowest BCUT2D eigenvalue weighted by molar-refractivity contribution is -0.127. The number of rotatable bonds is 1. The Morgan fingerprint density at radius 1 is 1.31 bits per heavy atom. The van der Waals surface area contributed by atoms with E-state index in [0.717, 1.165) is 5.56 Å². The third-order valence-corrected chi connectivity index (χ3v) is 2.60. The molecule has 0 aromatic heterocycles. The summed E-state index contributed by atoms with van der Waals surface area (Å²) in [6.07, 6.45) is -4.96. The van der Waals surface area contributed by atoms with Gasteiger partial charge in [-0.15, -0.1) is 0 Å². The molecule has 13 heavy (non-hydrogen) atoms. The predicted octanol–water partition coefficient (Wildman–Crippen LogP) is 3.70. The van der Waals surface area contributed by atoms with Crippen molar-refractivity contribution < 1.29 is 13.2 Å². The van der Waals surface area contributed by atoms with Crippen LogP contribution in [0.1, 0.15) is 11.1 Å². The van der Waals surface area contributed by atoms with Gasteiger partial charge in [0.1, 0.15) is 0 Å². The van der Waals surface area contributed by atoms with Crippen molar-refractivity contribution in [2.45, 2.75) is 19.5 Å². The van der Waals surface area contributed by atoms with E-state index in [1.165, 1.54) is 6.07 Å². The van der Waals surface area contributed by atoms with Gasteiger partial charge in [-0.2, -0.15) is 13.2 Å². The zero-order chi connectivity index (χ0) is 10.1. The highest BCUT2D eigenvalue weighted by molar-refractivity contribution is 14.1. The lowest BCUT2D eigenvalue weighted by Gasteiger charge is -2.08. The minimum Gasteiger partial charge on any atom is -0.171 e. The van der Waals surface area contributed by atoms with Crippen molar-refractivity contribution in [1.82, 2.24) is 0 Å². The molecule has 0 amide bonds. The maximum Gasteiger partial charge on any atom is 0.393 e. The fourth-order valence-electron chi connectivity index (χ4n) is 1.01. The SMILES string of the molecule is Cc1ccc(CC(F)(F)F)c(I)c1. The van der Waals surface area contributed by atoms with Crippen molar-refractivity contribution in [3.63, 3.8) is 0 Å². The van der Waals surface area contributed by atoms with Gasteiger partial charge in [0, 0.05) is 3.57 Å². The second kappa shape index (κ2) is 3.86. The highest BCUT2D eigenvalue weighted by Gasteiger charge is 2.28. The van der Waals surface area contributed by atoms with Crippen molar-refractivity contribution >= 4 is 22.6 Å². The first-order valence-electron chi connectivity index (χ1n) is 3.70. The average molecular weight is 300 g/mol. The van der Waals surface area contributed by atoms with Crippen molar-refractivity contribution in [3.05, 3.63) is 32.9 Å². The van der Waals surface area contributed by atoms with Crippen LogP contribution in [0.4, 0.5) is 13.2 Å². The molecule has 1 aromatic rings. The summed E-state index contributed by atoms with van der Waals surface area (Å²) < 4.78 is 36.7. The Kier molecular flexibility index (Phi) is 3.21. The molecule has 0 heterocycles. The monoisotopic (exact) mass is 300 g/mol. The minimum atomic E-state index is -4.12. The number of hydrogen-bond acceptors (Lipinski definition) is 0. The van der Waals surface area contributed by atoms with Crippen LogP contribution in [0.2, 0.25) is 0 Å². The van der Waals surface area contributed by atoms with Gasteiger partial charge in [0.25, 0.3) is 0 Å². The molecular weight excluding hydrogens is 292 g/mol. The van der Waals surface area contributed by atoms with E-state index in [-0.39, 0.29) is 0 Å². The summed E-state index contributed by atoms with van der Waals surface area (Å²) in [6.45, 7) is 1.86. The number of benzene rings is 1. The van der Waals surface area contributed by atoms with Crippen LogP contribution in [0.3, 0.4) is 0 Å². The molecule has 0 spiro atoms. The van der Waals surface area contributed by atoms with E-state index in [2.05, 4.69) is 0 Å². The van der Waals surface area contributed by atoms with E-state index < -0.39 is 12.6 Å². The van der Waals surface area contributed by atoms with Crippen LogP contribution >= 0.6 is 22.6 Å². The maximum absolute atomic E-state index is 12.0. The third kappa shape index (κ3) is 3.54. The molecule has 0 bridgehead atoms. The molecule has 1 rings (SSSR count). The largest absolute Gasteiger partial charge is 0.393 e. The Morgan fingerprint density at radius 2 is 1.92 bits per heavy atom. The lowest BCUT2D eigenvalue weighted by Crippen LogP contribution is -2.12. The van der Waals surface area contributed by atoms with Crippen LogP contribution in [0.5, 0.6) is 0 Å². The van der Waals surface area contributed by atoms with E-state index in [1.54, 1.807) is 12.1 Å². The molecular formula is C9H8F3I. The van der Waals surface area contributed by atoms with Gasteiger partial charge in [-0.3, -0.25) is 0 Å². The summed E-state index contributed by atoms with van der Waals surface area (Å²) in [4.78, 5) is 0. The summed E-state index contributed by atoms with van der Waals surface area (Å²) in [7, 11) is 0. The molecule has 0 N–H and O–H groups in total. The number of halogens is 4. The summed E-state index contributed by atoms with van der Waals surface area (Å²) in [5.74, 6) is 0.